The van der Waals surface area contributed by atoms with Gasteiger partial charge in [-0.3, -0.25) is 15.6 Å². The van der Waals surface area contributed by atoms with Gasteiger partial charge < -0.3 is 5.32 Å². The molecule has 0 bridgehead atoms. The summed E-state index contributed by atoms with van der Waals surface area (Å²) in [7, 11) is -3.85. The van der Waals surface area contributed by atoms with E-state index in [0.717, 1.165) is 10.5 Å². The zero-order chi connectivity index (χ0) is 26.1. The van der Waals surface area contributed by atoms with Crippen molar-refractivity contribution in [2.75, 3.05) is 10.0 Å². The van der Waals surface area contributed by atoms with Crippen LogP contribution < -0.4 is 20.9 Å². The van der Waals surface area contributed by atoms with Crippen LogP contribution in [0.4, 0.5) is 11.6 Å². The van der Waals surface area contributed by atoms with E-state index in [0.29, 0.717) is 5.69 Å². The number of nitrogens with one attached hydrogen (secondary N) is 4. The summed E-state index contributed by atoms with van der Waals surface area (Å²) in [5.41, 5.74) is 6.73. The summed E-state index contributed by atoms with van der Waals surface area (Å²) >= 11 is 6.71. The maximum atomic E-state index is 13.0. The van der Waals surface area contributed by atoms with E-state index < -0.39 is 15.3 Å². The predicted octanol–water partition coefficient (Wildman–Crippen LogP) is 4.13. The molecule has 188 valence electrons. The van der Waals surface area contributed by atoms with Crippen LogP contribution in [0.1, 0.15) is 10.8 Å². The highest BCUT2D eigenvalue weighted by Crippen LogP contribution is 2.35. The van der Waals surface area contributed by atoms with E-state index in [1.165, 1.54) is 36.3 Å². The van der Waals surface area contributed by atoms with Crippen molar-refractivity contribution in [3.05, 3.63) is 109 Å². The highest BCUT2D eigenvalue weighted by Gasteiger charge is 2.22. The molecule has 0 spiro atoms. The lowest BCUT2D eigenvalue weighted by Gasteiger charge is -2.18. The van der Waals surface area contributed by atoms with Gasteiger partial charge >= 0.3 is 0 Å². The molecule has 12 heteroatoms. The van der Waals surface area contributed by atoms with Crippen molar-refractivity contribution in [3.8, 4) is 0 Å². The molecule has 0 aliphatic rings. The first-order valence-electron chi connectivity index (χ1n) is 10.9. The highest BCUT2D eigenvalue weighted by atomic mass is 32.2. The number of hydrazine groups is 1. The molecule has 0 saturated heterocycles. The summed E-state index contributed by atoms with van der Waals surface area (Å²) in [5.74, 6) is -0.301. The minimum Gasteiger partial charge on any atom is -0.331 e. The zero-order valence-electron chi connectivity index (χ0n) is 19.2. The van der Waals surface area contributed by atoms with Crippen LogP contribution in [0.3, 0.4) is 0 Å². The number of anilines is 2. The number of amides is 1. The molecule has 4 rings (SSSR count). The van der Waals surface area contributed by atoms with Crippen LogP contribution in [0, 0.1) is 0 Å². The molecular formula is C25H22N6O3S3. The largest absolute Gasteiger partial charge is 0.331 e. The molecule has 1 aromatic heterocycles. The van der Waals surface area contributed by atoms with Gasteiger partial charge in [0.05, 0.1) is 4.90 Å². The predicted molar refractivity (Wildman–Crippen MR) is 148 cm³/mol. The second kappa shape index (κ2) is 12.3. The molecule has 1 amide bonds. The third-order valence-corrected chi connectivity index (χ3v) is 7.67. The topological polar surface area (TPSA) is 125 Å². The van der Waals surface area contributed by atoms with Gasteiger partial charge in [-0.05, 0) is 60.2 Å². The Labute approximate surface area is 224 Å². The lowest BCUT2D eigenvalue weighted by atomic mass is 10.1. The summed E-state index contributed by atoms with van der Waals surface area (Å²) in [6.07, 6.45) is 2.88. The van der Waals surface area contributed by atoms with Gasteiger partial charge in [0.2, 0.25) is 5.95 Å². The van der Waals surface area contributed by atoms with Crippen LogP contribution in [-0.2, 0) is 14.8 Å². The van der Waals surface area contributed by atoms with Crippen molar-refractivity contribution in [1.29, 1.82) is 0 Å². The van der Waals surface area contributed by atoms with E-state index >= 15 is 0 Å². The lowest BCUT2D eigenvalue weighted by molar-refractivity contribution is -0.121. The molecule has 0 aliphatic heterocycles. The summed E-state index contributed by atoms with van der Waals surface area (Å²) in [6.45, 7) is 0. The van der Waals surface area contributed by atoms with E-state index in [1.807, 2.05) is 60.7 Å². The number of rotatable bonds is 8. The number of thioether (sulfide) groups is 1. The van der Waals surface area contributed by atoms with Crippen LogP contribution in [0.15, 0.2) is 113 Å². The quantitative estimate of drug-likeness (QED) is 0.146. The van der Waals surface area contributed by atoms with Crippen molar-refractivity contribution in [2.24, 2.45) is 0 Å². The first-order valence-corrected chi connectivity index (χ1v) is 13.7. The molecule has 4 aromatic rings. The Morgan fingerprint density at radius 1 is 0.811 bits per heavy atom. The van der Waals surface area contributed by atoms with Crippen LogP contribution in [-0.4, -0.2) is 29.4 Å². The monoisotopic (exact) mass is 550 g/mol. The Balaban J connectivity index is 1.35. The number of carbonyl (C=O) groups excluding carboxylic acids is 1. The fraction of sp³-hybridized carbons (Fsp3) is 0.0400. The molecule has 0 unspecified atom stereocenters. The van der Waals surface area contributed by atoms with Gasteiger partial charge in [0.1, 0.15) is 5.25 Å². The summed E-state index contributed by atoms with van der Waals surface area (Å²) in [4.78, 5) is 21.7. The van der Waals surface area contributed by atoms with Crippen molar-refractivity contribution in [3.63, 3.8) is 0 Å². The fourth-order valence-corrected chi connectivity index (χ4v) is 5.30. The van der Waals surface area contributed by atoms with Gasteiger partial charge in [-0.1, -0.05) is 48.5 Å². The minimum absolute atomic E-state index is 0.0231. The Hall–Kier alpha value is -4.00. The van der Waals surface area contributed by atoms with Crippen LogP contribution in [0.5, 0.6) is 0 Å². The number of aromatic nitrogens is 2. The minimum atomic E-state index is -3.85. The van der Waals surface area contributed by atoms with E-state index in [4.69, 9.17) is 12.2 Å². The number of benzene rings is 3. The van der Waals surface area contributed by atoms with Crippen molar-refractivity contribution >= 4 is 56.7 Å². The van der Waals surface area contributed by atoms with Gasteiger partial charge in [-0.2, -0.15) is 0 Å². The van der Waals surface area contributed by atoms with Gasteiger partial charge in [0.15, 0.2) is 5.11 Å². The first kappa shape index (κ1) is 26.1. The number of carbonyl (C=O) groups is 1. The summed E-state index contributed by atoms with van der Waals surface area (Å²) < 4.78 is 27.4. The smallest absolute Gasteiger partial charge is 0.264 e. The zero-order valence-corrected chi connectivity index (χ0v) is 21.7. The summed E-state index contributed by atoms with van der Waals surface area (Å²) in [6, 6.07) is 26.6. The molecular weight excluding hydrogens is 529 g/mol. The van der Waals surface area contributed by atoms with E-state index in [1.54, 1.807) is 18.2 Å². The Kier molecular flexibility index (Phi) is 8.67. The normalized spacial score (nSPS) is 11.7. The number of hydrogen-bond acceptors (Lipinski definition) is 7. The SMILES string of the molecule is O=C(NNC(=S)Nc1ccc(S(=O)(=O)Nc2ncccn2)cc1)[C@H](Sc1ccccc1)c1ccccc1. The van der Waals surface area contributed by atoms with E-state index in [2.05, 4.69) is 30.9 Å². The van der Waals surface area contributed by atoms with E-state index in [9.17, 15) is 13.2 Å². The maximum absolute atomic E-state index is 13.0. The van der Waals surface area contributed by atoms with Crippen molar-refractivity contribution in [1.82, 2.24) is 20.8 Å². The van der Waals surface area contributed by atoms with Crippen molar-refractivity contribution < 1.29 is 13.2 Å². The Bertz CT molecular complexity index is 1440. The standard InChI is InChI=1S/C25H22N6O3S3/c32-23(22(18-8-3-1-4-9-18)36-20-10-5-2-6-11-20)29-30-25(35)28-19-12-14-21(15-13-19)37(33,34)31-24-26-16-7-17-27-24/h1-17,22H,(H,29,32)(H,26,27,31)(H2,28,30,35)/t22-/m1/s1. The molecule has 0 radical (unpaired) electrons. The molecule has 0 fully saturated rings. The Morgan fingerprint density at radius 2 is 1.43 bits per heavy atom. The van der Waals surface area contributed by atoms with E-state index in [-0.39, 0.29) is 21.9 Å². The van der Waals surface area contributed by atoms with Crippen LogP contribution in [0.2, 0.25) is 0 Å². The molecule has 1 heterocycles. The summed E-state index contributed by atoms with van der Waals surface area (Å²) in [5, 5.41) is 2.54. The van der Waals surface area contributed by atoms with Gasteiger partial charge in [-0.25, -0.2) is 23.1 Å². The molecule has 4 N–H and O–H groups in total. The average Bonchev–Trinajstić information content (AvgIpc) is 2.92. The van der Waals surface area contributed by atoms with Gasteiger partial charge in [0, 0.05) is 23.0 Å². The first-order chi connectivity index (χ1) is 17.9. The van der Waals surface area contributed by atoms with Crippen LogP contribution >= 0.6 is 24.0 Å². The number of thiocarbonyl (C=S) groups is 1. The van der Waals surface area contributed by atoms with Gasteiger partial charge in [-0.15, -0.1) is 11.8 Å². The molecule has 37 heavy (non-hydrogen) atoms. The second-order valence-corrected chi connectivity index (χ2v) is 10.8. The highest BCUT2D eigenvalue weighted by molar-refractivity contribution is 8.00. The average molecular weight is 551 g/mol. The molecule has 0 saturated carbocycles. The lowest BCUT2D eigenvalue weighted by Crippen LogP contribution is -2.45. The fourth-order valence-electron chi connectivity index (χ4n) is 3.13. The maximum Gasteiger partial charge on any atom is 0.264 e. The van der Waals surface area contributed by atoms with Crippen molar-refractivity contribution in [2.45, 2.75) is 15.0 Å². The molecule has 9 nitrogen and oxygen atoms in total. The Morgan fingerprint density at radius 3 is 2.08 bits per heavy atom. The molecule has 1 atom stereocenters. The molecule has 3 aromatic carbocycles. The number of hydrogen-bond donors (Lipinski definition) is 4. The number of nitrogens with zero attached hydrogens (tertiary/aromatic N) is 2. The third-order valence-electron chi connectivity index (χ3n) is 4.85. The second-order valence-electron chi connectivity index (χ2n) is 7.49. The number of sulfonamides is 1. The third kappa shape index (κ3) is 7.49. The van der Waals surface area contributed by atoms with Gasteiger partial charge in [0.25, 0.3) is 15.9 Å². The molecule has 0 aliphatic carbocycles. The van der Waals surface area contributed by atoms with Crippen LogP contribution in [0.25, 0.3) is 0 Å².